The highest BCUT2D eigenvalue weighted by Gasteiger charge is 2.27. The average Bonchev–Trinajstić information content (AvgIpc) is 3.17. The molecule has 2 aliphatic heterocycles. The van der Waals surface area contributed by atoms with Crippen LogP contribution in [0, 0.1) is 5.92 Å². The molecular formula is C19H33N5O2. The second kappa shape index (κ2) is 9.37. The molecule has 1 N–H and O–H groups in total. The number of rotatable bonds is 6. The standard InChI is InChI=1S/C19H33N5O2/c1-3-7-22-8-5-16(6-9-22)12-20-19(25)23-10-11-26-18(15-23)17-13-21-24(4-2)14-17/h13-14,16,18H,3-12,15H2,1-2H3,(H,20,25). The fraction of sp³-hybridized carbons (Fsp3) is 0.789. The molecule has 0 saturated carbocycles. The monoisotopic (exact) mass is 363 g/mol. The van der Waals surface area contributed by atoms with E-state index in [2.05, 4.69) is 29.2 Å². The van der Waals surface area contributed by atoms with Crippen molar-refractivity contribution in [3.8, 4) is 0 Å². The number of aryl methyl sites for hydroxylation is 1. The van der Waals surface area contributed by atoms with E-state index in [-0.39, 0.29) is 12.1 Å². The maximum atomic E-state index is 12.6. The molecule has 0 radical (unpaired) electrons. The molecule has 1 aromatic rings. The largest absolute Gasteiger partial charge is 0.370 e. The van der Waals surface area contributed by atoms with Crippen molar-refractivity contribution < 1.29 is 9.53 Å². The Labute approximate surface area is 156 Å². The van der Waals surface area contributed by atoms with E-state index in [0.29, 0.717) is 25.6 Å². The minimum Gasteiger partial charge on any atom is -0.370 e. The minimum atomic E-state index is -0.0768. The molecule has 2 saturated heterocycles. The number of piperidine rings is 1. The topological polar surface area (TPSA) is 62.6 Å². The van der Waals surface area contributed by atoms with Crippen molar-refractivity contribution in [2.75, 3.05) is 45.9 Å². The van der Waals surface area contributed by atoms with Crippen molar-refractivity contribution in [3.63, 3.8) is 0 Å². The summed E-state index contributed by atoms with van der Waals surface area (Å²) in [6.45, 7) is 11.3. The first-order chi connectivity index (χ1) is 12.7. The number of amides is 2. The zero-order chi connectivity index (χ0) is 18.4. The highest BCUT2D eigenvalue weighted by Crippen LogP contribution is 2.22. The third-order valence-corrected chi connectivity index (χ3v) is 5.49. The van der Waals surface area contributed by atoms with Gasteiger partial charge in [-0.25, -0.2) is 4.79 Å². The van der Waals surface area contributed by atoms with Gasteiger partial charge in [0, 0.05) is 31.4 Å². The summed E-state index contributed by atoms with van der Waals surface area (Å²) < 4.78 is 7.74. The van der Waals surface area contributed by atoms with E-state index in [9.17, 15) is 4.79 Å². The first-order valence-corrected chi connectivity index (χ1v) is 10.1. The lowest BCUT2D eigenvalue weighted by Gasteiger charge is -2.34. The fourth-order valence-corrected chi connectivity index (χ4v) is 3.83. The molecule has 0 aliphatic carbocycles. The van der Waals surface area contributed by atoms with Crippen molar-refractivity contribution in [1.29, 1.82) is 0 Å². The fourth-order valence-electron chi connectivity index (χ4n) is 3.83. The molecule has 1 aromatic heterocycles. The number of hydrogen-bond donors (Lipinski definition) is 1. The maximum Gasteiger partial charge on any atom is 0.317 e. The number of carbonyl (C=O) groups is 1. The van der Waals surface area contributed by atoms with E-state index >= 15 is 0 Å². The first kappa shape index (κ1) is 19.2. The molecule has 1 unspecified atom stereocenters. The number of nitrogens with zero attached hydrogens (tertiary/aromatic N) is 4. The SMILES string of the molecule is CCCN1CCC(CNC(=O)N2CCOC(c3cnn(CC)c3)C2)CC1. The summed E-state index contributed by atoms with van der Waals surface area (Å²) in [5.41, 5.74) is 1.05. The van der Waals surface area contributed by atoms with Crippen LogP contribution < -0.4 is 5.32 Å². The second-order valence-corrected chi connectivity index (χ2v) is 7.41. The van der Waals surface area contributed by atoms with Gasteiger partial charge in [-0.15, -0.1) is 0 Å². The molecular weight excluding hydrogens is 330 g/mol. The molecule has 7 nitrogen and oxygen atoms in total. The van der Waals surface area contributed by atoms with Crippen molar-refractivity contribution in [3.05, 3.63) is 18.0 Å². The Morgan fingerprint density at radius 1 is 1.31 bits per heavy atom. The Morgan fingerprint density at radius 3 is 2.81 bits per heavy atom. The number of urea groups is 1. The lowest BCUT2D eigenvalue weighted by atomic mass is 9.97. The van der Waals surface area contributed by atoms with Gasteiger partial charge in [0.25, 0.3) is 0 Å². The summed E-state index contributed by atoms with van der Waals surface area (Å²) in [4.78, 5) is 17.0. The smallest absolute Gasteiger partial charge is 0.317 e. The van der Waals surface area contributed by atoms with E-state index < -0.39 is 0 Å². The average molecular weight is 364 g/mol. The van der Waals surface area contributed by atoms with Crippen LogP contribution in [-0.2, 0) is 11.3 Å². The number of likely N-dealkylation sites (tertiary alicyclic amines) is 1. The number of aromatic nitrogens is 2. The zero-order valence-electron chi connectivity index (χ0n) is 16.2. The van der Waals surface area contributed by atoms with Gasteiger partial charge < -0.3 is 19.9 Å². The predicted molar refractivity (Wildman–Crippen MR) is 101 cm³/mol. The Morgan fingerprint density at radius 2 is 2.12 bits per heavy atom. The first-order valence-electron chi connectivity index (χ1n) is 10.1. The molecule has 3 rings (SSSR count). The van der Waals surface area contributed by atoms with Crippen LogP contribution in [0.25, 0.3) is 0 Å². The molecule has 7 heteroatoms. The quantitative estimate of drug-likeness (QED) is 0.841. The van der Waals surface area contributed by atoms with Crippen molar-refractivity contribution in [1.82, 2.24) is 24.9 Å². The molecule has 0 bridgehead atoms. The van der Waals surface area contributed by atoms with E-state index in [0.717, 1.165) is 31.7 Å². The van der Waals surface area contributed by atoms with Gasteiger partial charge in [0.2, 0.25) is 0 Å². The normalized spacial score (nSPS) is 22.5. The van der Waals surface area contributed by atoms with Crippen LogP contribution in [0.2, 0.25) is 0 Å². The molecule has 1 atom stereocenters. The second-order valence-electron chi connectivity index (χ2n) is 7.41. The van der Waals surface area contributed by atoms with Gasteiger partial charge >= 0.3 is 6.03 Å². The van der Waals surface area contributed by atoms with Crippen molar-refractivity contribution in [2.45, 2.75) is 45.8 Å². The van der Waals surface area contributed by atoms with E-state index in [1.54, 1.807) is 0 Å². The molecule has 3 heterocycles. The summed E-state index contributed by atoms with van der Waals surface area (Å²) in [7, 11) is 0. The van der Waals surface area contributed by atoms with Crippen LogP contribution in [0.3, 0.4) is 0 Å². The third-order valence-electron chi connectivity index (χ3n) is 5.49. The van der Waals surface area contributed by atoms with Crippen molar-refractivity contribution in [2.24, 2.45) is 5.92 Å². The molecule has 0 aromatic carbocycles. The molecule has 2 fully saturated rings. The van der Waals surface area contributed by atoms with Crippen LogP contribution in [0.15, 0.2) is 12.4 Å². The summed E-state index contributed by atoms with van der Waals surface area (Å²) in [5, 5.41) is 7.46. The highest BCUT2D eigenvalue weighted by atomic mass is 16.5. The Kier molecular flexibility index (Phi) is 6.91. The lowest BCUT2D eigenvalue weighted by molar-refractivity contribution is -0.0156. The van der Waals surface area contributed by atoms with Gasteiger partial charge in [-0.1, -0.05) is 6.92 Å². The molecule has 0 spiro atoms. The summed E-state index contributed by atoms with van der Waals surface area (Å²) >= 11 is 0. The van der Waals surface area contributed by atoms with E-state index in [4.69, 9.17) is 4.74 Å². The van der Waals surface area contributed by atoms with E-state index in [1.165, 1.54) is 25.8 Å². The Bertz CT molecular complexity index is 568. The summed E-state index contributed by atoms with van der Waals surface area (Å²) in [6.07, 6.45) is 7.36. The zero-order valence-corrected chi connectivity index (χ0v) is 16.2. The number of nitrogens with one attached hydrogen (secondary N) is 1. The minimum absolute atomic E-state index is 0.0390. The van der Waals surface area contributed by atoms with Crippen LogP contribution in [0.5, 0.6) is 0 Å². The van der Waals surface area contributed by atoms with Gasteiger partial charge in [0.15, 0.2) is 0 Å². The van der Waals surface area contributed by atoms with Gasteiger partial charge in [-0.05, 0) is 51.7 Å². The molecule has 2 amide bonds. The van der Waals surface area contributed by atoms with Gasteiger partial charge in [0.05, 0.1) is 19.3 Å². The Balaban J connectivity index is 1.43. The predicted octanol–water partition coefficient (Wildman–Crippen LogP) is 2.11. The number of hydrogen-bond acceptors (Lipinski definition) is 4. The summed E-state index contributed by atoms with van der Waals surface area (Å²) in [6, 6.07) is 0.0390. The summed E-state index contributed by atoms with van der Waals surface area (Å²) in [5.74, 6) is 0.603. The molecule has 146 valence electrons. The lowest BCUT2D eigenvalue weighted by Crippen LogP contribution is -2.48. The van der Waals surface area contributed by atoms with Crippen LogP contribution in [-0.4, -0.2) is 71.5 Å². The number of ether oxygens (including phenoxy) is 1. The van der Waals surface area contributed by atoms with Crippen LogP contribution >= 0.6 is 0 Å². The molecule has 26 heavy (non-hydrogen) atoms. The van der Waals surface area contributed by atoms with Gasteiger partial charge in [-0.2, -0.15) is 5.10 Å². The van der Waals surface area contributed by atoms with Gasteiger partial charge in [0.1, 0.15) is 6.10 Å². The highest BCUT2D eigenvalue weighted by molar-refractivity contribution is 5.74. The Hall–Kier alpha value is -1.60. The van der Waals surface area contributed by atoms with Gasteiger partial charge in [-0.3, -0.25) is 4.68 Å². The molecule has 2 aliphatic rings. The number of carbonyl (C=O) groups excluding carboxylic acids is 1. The van der Waals surface area contributed by atoms with E-state index in [1.807, 2.05) is 22.0 Å². The maximum absolute atomic E-state index is 12.6. The third kappa shape index (κ3) is 4.98. The van der Waals surface area contributed by atoms with Crippen LogP contribution in [0.4, 0.5) is 4.79 Å². The number of morpholine rings is 1. The van der Waals surface area contributed by atoms with Crippen LogP contribution in [0.1, 0.15) is 44.8 Å². The van der Waals surface area contributed by atoms with Crippen molar-refractivity contribution >= 4 is 6.03 Å².